The molecule has 1 spiro atoms. The third-order valence-corrected chi connectivity index (χ3v) is 7.03. The van der Waals surface area contributed by atoms with Gasteiger partial charge >= 0.3 is 0 Å². The Hall–Kier alpha value is -2.04. The van der Waals surface area contributed by atoms with Crippen LogP contribution < -0.4 is 4.74 Å². The van der Waals surface area contributed by atoms with Gasteiger partial charge < -0.3 is 14.5 Å². The van der Waals surface area contributed by atoms with E-state index in [0.29, 0.717) is 37.8 Å². The smallest absolute Gasteiger partial charge is 0.230 e. The molecule has 152 valence electrons. The van der Waals surface area contributed by atoms with Crippen molar-refractivity contribution in [3.8, 4) is 5.75 Å². The molecule has 1 saturated carbocycles. The van der Waals surface area contributed by atoms with Gasteiger partial charge in [-0.15, -0.1) is 0 Å². The van der Waals surface area contributed by atoms with E-state index >= 15 is 0 Å². The summed E-state index contributed by atoms with van der Waals surface area (Å²) in [4.78, 5) is 30.1. The molecule has 1 atom stereocenters. The first kappa shape index (κ1) is 19.3. The highest BCUT2D eigenvalue weighted by Gasteiger charge is 2.49. The average Bonchev–Trinajstić information content (AvgIpc) is 3.11. The molecule has 1 unspecified atom stereocenters. The molecule has 4 rings (SSSR count). The Bertz CT molecular complexity index is 730. The topological polar surface area (TPSA) is 49.9 Å². The van der Waals surface area contributed by atoms with Crippen molar-refractivity contribution in [1.82, 2.24) is 9.80 Å². The van der Waals surface area contributed by atoms with Crippen molar-refractivity contribution >= 4 is 11.8 Å². The molecule has 3 aliphatic rings. The number of ether oxygens (including phenoxy) is 1. The number of rotatable bonds is 6. The van der Waals surface area contributed by atoms with Crippen molar-refractivity contribution in [2.45, 2.75) is 51.4 Å². The molecule has 5 nitrogen and oxygen atoms in total. The minimum absolute atomic E-state index is 0.159. The van der Waals surface area contributed by atoms with Gasteiger partial charge in [0.15, 0.2) is 0 Å². The summed E-state index contributed by atoms with van der Waals surface area (Å²) in [6, 6.07) is 7.87. The van der Waals surface area contributed by atoms with E-state index in [-0.39, 0.29) is 11.3 Å². The molecular formula is C23H32N2O3. The van der Waals surface area contributed by atoms with E-state index < -0.39 is 0 Å². The van der Waals surface area contributed by atoms with E-state index in [9.17, 15) is 9.59 Å². The standard InChI is InChI=1S/C23H32N2O3/c1-28-20-9-3-2-8-19(20)10-11-21(26)25-15-13-23(17-25)12-5-14-24(22(23)27)16-18-6-4-7-18/h2-3,8-9,18H,4-7,10-17H2,1H3. The van der Waals surface area contributed by atoms with Crippen LogP contribution in [0.4, 0.5) is 0 Å². The molecule has 2 aliphatic heterocycles. The predicted octanol–water partition coefficient (Wildman–Crippen LogP) is 3.27. The highest BCUT2D eigenvalue weighted by atomic mass is 16.5. The Kier molecular flexibility index (Phi) is 5.61. The minimum atomic E-state index is -0.317. The summed E-state index contributed by atoms with van der Waals surface area (Å²) in [6.45, 7) is 3.16. The molecule has 2 saturated heterocycles. The van der Waals surface area contributed by atoms with Crippen LogP contribution in [-0.2, 0) is 16.0 Å². The zero-order valence-electron chi connectivity index (χ0n) is 17.0. The molecule has 1 aliphatic carbocycles. The van der Waals surface area contributed by atoms with Crippen molar-refractivity contribution < 1.29 is 14.3 Å². The normalized spacial score (nSPS) is 25.2. The van der Waals surface area contributed by atoms with E-state index in [1.165, 1.54) is 19.3 Å². The second-order valence-electron chi connectivity index (χ2n) is 8.81. The van der Waals surface area contributed by atoms with Gasteiger partial charge in [-0.1, -0.05) is 24.6 Å². The van der Waals surface area contributed by atoms with Gasteiger partial charge in [-0.2, -0.15) is 0 Å². The van der Waals surface area contributed by atoms with E-state index in [2.05, 4.69) is 4.90 Å². The number of piperidine rings is 1. The van der Waals surface area contributed by atoms with E-state index in [1.807, 2.05) is 29.2 Å². The van der Waals surface area contributed by atoms with Crippen LogP contribution in [0.3, 0.4) is 0 Å². The maximum absolute atomic E-state index is 13.2. The quantitative estimate of drug-likeness (QED) is 0.756. The number of carbonyl (C=O) groups excluding carboxylic acids is 2. The van der Waals surface area contributed by atoms with Gasteiger partial charge in [0.1, 0.15) is 5.75 Å². The fourth-order valence-corrected chi connectivity index (χ4v) is 5.09. The first-order chi connectivity index (χ1) is 13.6. The van der Waals surface area contributed by atoms with Crippen molar-refractivity contribution in [2.24, 2.45) is 11.3 Å². The monoisotopic (exact) mass is 384 g/mol. The molecule has 2 heterocycles. The highest BCUT2D eigenvalue weighted by molar-refractivity contribution is 5.86. The summed E-state index contributed by atoms with van der Waals surface area (Å²) < 4.78 is 5.39. The van der Waals surface area contributed by atoms with Crippen LogP contribution >= 0.6 is 0 Å². The Morgan fingerprint density at radius 1 is 1.18 bits per heavy atom. The van der Waals surface area contributed by atoms with Crippen molar-refractivity contribution in [1.29, 1.82) is 0 Å². The van der Waals surface area contributed by atoms with Crippen LogP contribution in [0.15, 0.2) is 24.3 Å². The first-order valence-corrected chi connectivity index (χ1v) is 10.8. The SMILES string of the molecule is COc1ccccc1CCC(=O)N1CCC2(CCCN(CC3CCC3)C2=O)C1. The number of hydrogen-bond acceptors (Lipinski definition) is 3. The number of amides is 2. The number of aryl methyl sites for hydroxylation is 1. The molecule has 0 aromatic heterocycles. The molecule has 0 N–H and O–H groups in total. The summed E-state index contributed by atoms with van der Waals surface area (Å²) in [5.74, 6) is 2.01. The molecule has 28 heavy (non-hydrogen) atoms. The van der Waals surface area contributed by atoms with Gasteiger partial charge in [0, 0.05) is 32.6 Å². The lowest BCUT2D eigenvalue weighted by atomic mass is 9.77. The van der Waals surface area contributed by atoms with Crippen LogP contribution in [0.5, 0.6) is 5.75 Å². The second kappa shape index (κ2) is 8.14. The Morgan fingerprint density at radius 3 is 2.75 bits per heavy atom. The minimum Gasteiger partial charge on any atom is -0.496 e. The molecular weight excluding hydrogens is 352 g/mol. The summed E-state index contributed by atoms with van der Waals surface area (Å²) >= 11 is 0. The first-order valence-electron chi connectivity index (χ1n) is 10.8. The van der Waals surface area contributed by atoms with E-state index in [0.717, 1.165) is 43.7 Å². The fourth-order valence-electron chi connectivity index (χ4n) is 5.09. The van der Waals surface area contributed by atoms with Crippen molar-refractivity contribution in [2.75, 3.05) is 33.3 Å². The van der Waals surface area contributed by atoms with Crippen LogP contribution in [-0.4, -0.2) is 54.9 Å². The van der Waals surface area contributed by atoms with Crippen molar-refractivity contribution in [3.63, 3.8) is 0 Å². The van der Waals surface area contributed by atoms with Gasteiger partial charge in [0.2, 0.25) is 11.8 Å². The largest absolute Gasteiger partial charge is 0.496 e. The Morgan fingerprint density at radius 2 is 2.00 bits per heavy atom. The summed E-state index contributed by atoms with van der Waals surface area (Å²) in [5, 5.41) is 0. The maximum Gasteiger partial charge on any atom is 0.230 e. The summed E-state index contributed by atoms with van der Waals surface area (Å²) in [5.41, 5.74) is 0.745. The molecule has 1 aromatic carbocycles. The lowest BCUT2D eigenvalue weighted by Gasteiger charge is -2.42. The number of hydrogen-bond donors (Lipinski definition) is 0. The maximum atomic E-state index is 13.2. The number of nitrogens with zero attached hydrogens (tertiary/aromatic N) is 2. The van der Waals surface area contributed by atoms with Gasteiger partial charge in [-0.25, -0.2) is 0 Å². The summed E-state index contributed by atoms with van der Waals surface area (Å²) in [6.07, 6.45) is 7.82. The zero-order valence-corrected chi connectivity index (χ0v) is 17.0. The van der Waals surface area contributed by atoms with Crippen molar-refractivity contribution in [3.05, 3.63) is 29.8 Å². The third-order valence-electron chi connectivity index (χ3n) is 7.03. The number of carbonyl (C=O) groups is 2. The zero-order chi connectivity index (χ0) is 19.6. The molecule has 5 heteroatoms. The highest BCUT2D eigenvalue weighted by Crippen LogP contribution is 2.41. The molecule has 0 radical (unpaired) electrons. The molecule has 2 amide bonds. The van der Waals surface area contributed by atoms with Gasteiger partial charge in [-0.05, 0) is 56.1 Å². The number of methoxy groups -OCH3 is 1. The lowest BCUT2D eigenvalue weighted by molar-refractivity contribution is -0.147. The van der Waals surface area contributed by atoms with Crippen LogP contribution in [0.25, 0.3) is 0 Å². The van der Waals surface area contributed by atoms with E-state index in [1.54, 1.807) is 7.11 Å². The summed E-state index contributed by atoms with van der Waals surface area (Å²) in [7, 11) is 1.66. The average molecular weight is 385 g/mol. The van der Waals surface area contributed by atoms with E-state index in [4.69, 9.17) is 4.74 Å². The second-order valence-corrected chi connectivity index (χ2v) is 8.81. The van der Waals surface area contributed by atoms with Gasteiger partial charge in [-0.3, -0.25) is 9.59 Å². The fraction of sp³-hybridized carbons (Fsp3) is 0.652. The van der Waals surface area contributed by atoms with Crippen LogP contribution in [0.1, 0.15) is 50.5 Å². The van der Waals surface area contributed by atoms with Gasteiger partial charge in [0.25, 0.3) is 0 Å². The lowest BCUT2D eigenvalue weighted by Crippen LogP contribution is -2.52. The Labute approximate surface area is 168 Å². The van der Waals surface area contributed by atoms with Crippen LogP contribution in [0, 0.1) is 11.3 Å². The number of benzene rings is 1. The molecule has 1 aromatic rings. The molecule has 3 fully saturated rings. The predicted molar refractivity (Wildman–Crippen MR) is 108 cm³/mol. The molecule has 0 bridgehead atoms. The number of para-hydroxylation sites is 1. The van der Waals surface area contributed by atoms with Crippen LogP contribution in [0.2, 0.25) is 0 Å². The third kappa shape index (κ3) is 3.76. The Balaban J connectivity index is 1.34. The number of likely N-dealkylation sites (tertiary alicyclic amines) is 2. The van der Waals surface area contributed by atoms with Gasteiger partial charge in [0.05, 0.1) is 12.5 Å².